The molecule has 0 radical (unpaired) electrons. The van der Waals surface area contributed by atoms with Crippen molar-refractivity contribution in [2.75, 3.05) is 6.61 Å². The van der Waals surface area contributed by atoms with Crippen molar-refractivity contribution in [3.63, 3.8) is 0 Å². The number of ether oxygens (including phenoxy) is 1. The van der Waals surface area contributed by atoms with Gasteiger partial charge in [0.1, 0.15) is 0 Å². The lowest BCUT2D eigenvalue weighted by molar-refractivity contribution is -0.122. The average molecular weight is 253 g/mol. The number of nitrogens with one attached hydrogen (secondary N) is 1. The van der Waals surface area contributed by atoms with Crippen LogP contribution in [0.5, 0.6) is 5.75 Å². The normalized spacial score (nSPS) is 11.1. The Morgan fingerprint density at radius 3 is 2.61 bits per heavy atom. The van der Waals surface area contributed by atoms with Crippen LogP contribution in [0.25, 0.3) is 0 Å². The van der Waals surface area contributed by atoms with Crippen molar-refractivity contribution in [2.24, 2.45) is 0 Å². The van der Waals surface area contributed by atoms with Crippen LogP contribution < -0.4 is 10.1 Å². The van der Waals surface area contributed by atoms with Gasteiger partial charge in [-0.3, -0.25) is 4.79 Å². The SMILES string of the molecule is CC(C)(C)NC(=O)CCCOc1ccccc1F. The standard InChI is InChI=1S/C14H20FNO2/c1-14(2,3)16-13(17)9-6-10-18-12-8-5-4-7-11(12)15/h4-5,7-8H,6,9-10H2,1-3H3,(H,16,17). The number of hydrogen-bond acceptors (Lipinski definition) is 2. The van der Waals surface area contributed by atoms with Gasteiger partial charge in [-0.25, -0.2) is 4.39 Å². The predicted octanol–water partition coefficient (Wildman–Crippen LogP) is 2.90. The first-order valence-electron chi connectivity index (χ1n) is 6.07. The van der Waals surface area contributed by atoms with Crippen molar-refractivity contribution in [3.8, 4) is 5.75 Å². The molecule has 3 nitrogen and oxygen atoms in total. The van der Waals surface area contributed by atoms with Gasteiger partial charge in [-0.1, -0.05) is 12.1 Å². The van der Waals surface area contributed by atoms with Gasteiger partial charge in [-0.15, -0.1) is 0 Å². The fraction of sp³-hybridized carbons (Fsp3) is 0.500. The van der Waals surface area contributed by atoms with E-state index in [-0.39, 0.29) is 23.0 Å². The van der Waals surface area contributed by atoms with Crippen molar-refractivity contribution in [1.82, 2.24) is 5.32 Å². The Bertz CT molecular complexity index is 399. The summed E-state index contributed by atoms with van der Waals surface area (Å²) in [7, 11) is 0. The molecule has 0 aliphatic heterocycles. The first kappa shape index (κ1) is 14.5. The summed E-state index contributed by atoms with van der Waals surface area (Å²) >= 11 is 0. The van der Waals surface area contributed by atoms with Gasteiger partial charge in [0.2, 0.25) is 5.91 Å². The van der Waals surface area contributed by atoms with Crippen LogP contribution in [-0.2, 0) is 4.79 Å². The molecule has 0 aromatic heterocycles. The van der Waals surface area contributed by atoms with Crippen molar-refractivity contribution in [3.05, 3.63) is 30.1 Å². The monoisotopic (exact) mass is 253 g/mol. The summed E-state index contributed by atoms with van der Waals surface area (Å²) in [4.78, 5) is 11.5. The van der Waals surface area contributed by atoms with E-state index in [2.05, 4.69) is 5.32 Å². The number of halogens is 1. The van der Waals surface area contributed by atoms with E-state index >= 15 is 0 Å². The van der Waals surface area contributed by atoms with Crippen LogP contribution in [-0.4, -0.2) is 18.1 Å². The van der Waals surface area contributed by atoms with E-state index in [1.807, 2.05) is 20.8 Å². The first-order valence-corrected chi connectivity index (χ1v) is 6.07. The van der Waals surface area contributed by atoms with Gasteiger partial charge in [0.05, 0.1) is 6.61 Å². The van der Waals surface area contributed by atoms with Gasteiger partial charge in [0, 0.05) is 12.0 Å². The molecule has 100 valence electrons. The lowest BCUT2D eigenvalue weighted by atomic mass is 10.1. The van der Waals surface area contributed by atoms with Gasteiger partial charge in [-0.05, 0) is 39.3 Å². The highest BCUT2D eigenvalue weighted by molar-refractivity contribution is 5.76. The van der Waals surface area contributed by atoms with Crippen LogP contribution in [0, 0.1) is 5.82 Å². The Balaban J connectivity index is 2.23. The number of rotatable bonds is 5. The van der Waals surface area contributed by atoms with Gasteiger partial charge in [0.25, 0.3) is 0 Å². The Kier molecular flexibility index (Phi) is 5.13. The highest BCUT2D eigenvalue weighted by Gasteiger charge is 2.13. The summed E-state index contributed by atoms with van der Waals surface area (Å²) in [6.07, 6.45) is 0.946. The van der Waals surface area contributed by atoms with Gasteiger partial charge < -0.3 is 10.1 Å². The topological polar surface area (TPSA) is 38.3 Å². The van der Waals surface area contributed by atoms with E-state index in [9.17, 15) is 9.18 Å². The molecule has 0 unspecified atom stereocenters. The molecule has 0 atom stereocenters. The molecule has 1 aromatic carbocycles. The van der Waals surface area contributed by atoms with Crippen molar-refractivity contribution < 1.29 is 13.9 Å². The average Bonchev–Trinajstić information content (AvgIpc) is 2.24. The number of para-hydroxylation sites is 1. The number of benzene rings is 1. The molecule has 0 aliphatic carbocycles. The van der Waals surface area contributed by atoms with Crippen molar-refractivity contribution >= 4 is 5.91 Å². The van der Waals surface area contributed by atoms with E-state index < -0.39 is 0 Å². The Morgan fingerprint density at radius 2 is 2.00 bits per heavy atom. The molecule has 0 saturated heterocycles. The lowest BCUT2D eigenvalue weighted by Gasteiger charge is -2.20. The maximum Gasteiger partial charge on any atom is 0.220 e. The molecule has 0 bridgehead atoms. The zero-order chi connectivity index (χ0) is 13.6. The van der Waals surface area contributed by atoms with Gasteiger partial charge in [0.15, 0.2) is 11.6 Å². The van der Waals surface area contributed by atoms with Crippen LogP contribution >= 0.6 is 0 Å². The molecule has 0 aliphatic rings. The predicted molar refractivity (Wildman–Crippen MR) is 69.0 cm³/mol. The molecule has 1 amide bonds. The van der Waals surface area contributed by atoms with Gasteiger partial charge >= 0.3 is 0 Å². The summed E-state index contributed by atoms with van der Waals surface area (Å²) in [6, 6.07) is 6.25. The highest BCUT2D eigenvalue weighted by atomic mass is 19.1. The summed E-state index contributed by atoms with van der Waals surface area (Å²) < 4.78 is 18.5. The molecule has 1 rings (SSSR count). The Hall–Kier alpha value is -1.58. The second-order valence-electron chi connectivity index (χ2n) is 5.18. The third-order valence-corrected chi connectivity index (χ3v) is 2.16. The largest absolute Gasteiger partial charge is 0.491 e. The quantitative estimate of drug-likeness (QED) is 0.819. The fourth-order valence-electron chi connectivity index (χ4n) is 1.46. The molecule has 1 aromatic rings. The zero-order valence-corrected chi connectivity index (χ0v) is 11.1. The number of carbonyl (C=O) groups excluding carboxylic acids is 1. The fourth-order valence-corrected chi connectivity index (χ4v) is 1.46. The minimum absolute atomic E-state index is 0.0142. The first-order chi connectivity index (χ1) is 8.38. The minimum atomic E-state index is -0.378. The number of carbonyl (C=O) groups is 1. The number of amides is 1. The molecule has 0 heterocycles. The highest BCUT2D eigenvalue weighted by Crippen LogP contribution is 2.15. The maximum atomic E-state index is 13.2. The summed E-state index contributed by atoms with van der Waals surface area (Å²) in [5, 5.41) is 2.86. The molecule has 4 heteroatoms. The molecule has 0 fully saturated rings. The third kappa shape index (κ3) is 5.66. The molecule has 0 saturated carbocycles. The van der Waals surface area contributed by atoms with E-state index in [0.717, 1.165) is 0 Å². The second-order valence-corrected chi connectivity index (χ2v) is 5.18. The molecular weight excluding hydrogens is 233 g/mol. The van der Waals surface area contributed by atoms with Crippen LogP contribution in [0.1, 0.15) is 33.6 Å². The smallest absolute Gasteiger partial charge is 0.220 e. The summed E-state index contributed by atoms with van der Waals surface area (Å²) in [5.74, 6) is -0.162. The van der Waals surface area contributed by atoms with Crippen LogP contribution in [0.4, 0.5) is 4.39 Å². The van der Waals surface area contributed by atoms with E-state index in [1.54, 1.807) is 18.2 Å². The summed E-state index contributed by atoms with van der Waals surface area (Å²) in [6.45, 7) is 6.13. The van der Waals surface area contributed by atoms with E-state index in [1.165, 1.54) is 6.07 Å². The number of hydrogen-bond donors (Lipinski definition) is 1. The van der Waals surface area contributed by atoms with Crippen molar-refractivity contribution in [1.29, 1.82) is 0 Å². The lowest BCUT2D eigenvalue weighted by Crippen LogP contribution is -2.40. The Morgan fingerprint density at radius 1 is 1.33 bits per heavy atom. The van der Waals surface area contributed by atoms with E-state index in [4.69, 9.17) is 4.74 Å². The van der Waals surface area contributed by atoms with Crippen LogP contribution in [0.3, 0.4) is 0 Å². The maximum absolute atomic E-state index is 13.2. The second kappa shape index (κ2) is 6.38. The Labute approximate surface area is 107 Å². The van der Waals surface area contributed by atoms with Gasteiger partial charge in [-0.2, -0.15) is 0 Å². The minimum Gasteiger partial charge on any atom is -0.491 e. The van der Waals surface area contributed by atoms with E-state index in [0.29, 0.717) is 19.4 Å². The molecule has 18 heavy (non-hydrogen) atoms. The zero-order valence-electron chi connectivity index (χ0n) is 11.1. The summed E-state index contributed by atoms with van der Waals surface area (Å²) in [5.41, 5.74) is -0.219. The van der Waals surface area contributed by atoms with Crippen molar-refractivity contribution in [2.45, 2.75) is 39.2 Å². The molecular formula is C14H20FNO2. The van der Waals surface area contributed by atoms with Crippen LogP contribution in [0.2, 0.25) is 0 Å². The van der Waals surface area contributed by atoms with Crippen LogP contribution in [0.15, 0.2) is 24.3 Å². The third-order valence-electron chi connectivity index (χ3n) is 2.16. The molecule has 1 N–H and O–H groups in total. The molecule has 0 spiro atoms.